The summed E-state index contributed by atoms with van der Waals surface area (Å²) < 4.78 is 1.31. The van der Waals surface area contributed by atoms with Crippen LogP contribution in [0.2, 0.25) is 10.0 Å². The van der Waals surface area contributed by atoms with Crippen molar-refractivity contribution in [2.45, 2.75) is 19.9 Å². The fraction of sp³-hybridized carbons (Fsp3) is 0.190. The minimum Gasteiger partial charge on any atom is -0.396 e. The van der Waals surface area contributed by atoms with Crippen LogP contribution in [0.15, 0.2) is 53.3 Å². The highest BCUT2D eigenvalue weighted by Crippen LogP contribution is 2.23. The third-order valence-corrected chi connectivity index (χ3v) is 4.75. The van der Waals surface area contributed by atoms with Crippen LogP contribution in [0, 0.1) is 6.92 Å². The number of rotatable bonds is 6. The van der Waals surface area contributed by atoms with Gasteiger partial charge in [0.15, 0.2) is 0 Å². The van der Waals surface area contributed by atoms with E-state index in [1.54, 1.807) is 25.1 Å². The van der Waals surface area contributed by atoms with Gasteiger partial charge in [-0.05, 0) is 25.1 Å². The predicted molar refractivity (Wildman–Crippen MR) is 115 cm³/mol. The Bertz CT molecular complexity index is 1080. The number of aliphatic hydroxyl groups excluding tert-OH is 1. The standard InChI is InChI=1S/C21H19Cl2N3O3/c1-13-18(7-8-27)21(29)26(20(24-13)14-5-3-2-4-6-14)12-19(28)25-17-10-15(22)9-16(23)11-17/h2-6,9-11,27H,7-8,12H2,1H3,(H,25,28). The van der Waals surface area contributed by atoms with Gasteiger partial charge in [0, 0.05) is 45.6 Å². The quantitative estimate of drug-likeness (QED) is 0.622. The first kappa shape index (κ1) is 21.0. The highest BCUT2D eigenvalue weighted by molar-refractivity contribution is 6.35. The van der Waals surface area contributed by atoms with E-state index in [9.17, 15) is 14.7 Å². The molecule has 1 heterocycles. The van der Waals surface area contributed by atoms with E-state index in [-0.39, 0.29) is 25.1 Å². The minimum atomic E-state index is -0.428. The number of halogens is 2. The van der Waals surface area contributed by atoms with Gasteiger partial charge in [-0.2, -0.15) is 0 Å². The number of carbonyl (C=O) groups excluding carboxylic acids is 1. The van der Waals surface area contributed by atoms with Gasteiger partial charge in [0.2, 0.25) is 5.91 Å². The molecule has 0 radical (unpaired) electrons. The van der Waals surface area contributed by atoms with E-state index >= 15 is 0 Å². The van der Waals surface area contributed by atoms with Crippen LogP contribution >= 0.6 is 23.2 Å². The number of benzene rings is 2. The molecule has 3 rings (SSSR count). The number of aliphatic hydroxyl groups is 1. The monoisotopic (exact) mass is 431 g/mol. The van der Waals surface area contributed by atoms with Crippen LogP contribution in [0.1, 0.15) is 11.3 Å². The molecular formula is C21H19Cl2N3O3. The summed E-state index contributed by atoms with van der Waals surface area (Å²) in [6, 6.07) is 13.8. The van der Waals surface area contributed by atoms with Gasteiger partial charge in [-0.15, -0.1) is 0 Å². The Morgan fingerprint density at radius 2 is 1.79 bits per heavy atom. The summed E-state index contributed by atoms with van der Waals surface area (Å²) in [6.45, 7) is 1.28. The van der Waals surface area contributed by atoms with Crippen LogP contribution in [0.3, 0.4) is 0 Å². The summed E-state index contributed by atoms with van der Waals surface area (Å²) in [5.74, 6) is -0.0442. The Kier molecular flexibility index (Phi) is 6.69. The number of nitrogens with zero attached hydrogens (tertiary/aromatic N) is 2. The molecule has 2 aromatic carbocycles. The fourth-order valence-electron chi connectivity index (χ4n) is 3.02. The van der Waals surface area contributed by atoms with Crippen molar-refractivity contribution in [3.8, 4) is 11.4 Å². The molecule has 0 atom stereocenters. The van der Waals surface area contributed by atoms with Crippen molar-refractivity contribution in [2.24, 2.45) is 0 Å². The molecule has 0 aliphatic heterocycles. The van der Waals surface area contributed by atoms with Gasteiger partial charge in [0.05, 0.1) is 0 Å². The molecule has 150 valence electrons. The molecule has 0 unspecified atom stereocenters. The molecule has 8 heteroatoms. The zero-order valence-corrected chi connectivity index (χ0v) is 17.2. The number of nitrogens with one attached hydrogen (secondary N) is 1. The molecule has 0 bridgehead atoms. The first-order valence-electron chi connectivity index (χ1n) is 8.91. The zero-order chi connectivity index (χ0) is 21.0. The molecule has 3 aromatic rings. The van der Waals surface area contributed by atoms with E-state index in [0.29, 0.717) is 38.4 Å². The molecule has 1 amide bonds. The van der Waals surface area contributed by atoms with Crippen molar-refractivity contribution in [3.05, 3.63) is 80.2 Å². The Balaban J connectivity index is 2.01. The molecule has 0 aliphatic rings. The highest BCUT2D eigenvalue weighted by Gasteiger charge is 2.17. The number of hydrogen-bond acceptors (Lipinski definition) is 4. The summed E-state index contributed by atoms with van der Waals surface area (Å²) in [6.07, 6.45) is 0.165. The fourth-order valence-corrected chi connectivity index (χ4v) is 3.55. The number of anilines is 1. The predicted octanol–water partition coefficient (Wildman–Crippen LogP) is 3.70. The van der Waals surface area contributed by atoms with Crippen LogP contribution in [-0.4, -0.2) is 27.2 Å². The van der Waals surface area contributed by atoms with Gasteiger partial charge in [-0.25, -0.2) is 4.98 Å². The number of amides is 1. The summed E-state index contributed by atoms with van der Waals surface area (Å²) in [4.78, 5) is 30.3. The van der Waals surface area contributed by atoms with E-state index < -0.39 is 5.91 Å². The van der Waals surface area contributed by atoms with Crippen LogP contribution in [-0.2, 0) is 17.8 Å². The molecule has 0 spiro atoms. The third-order valence-electron chi connectivity index (χ3n) is 4.31. The first-order chi connectivity index (χ1) is 13.9. The lowest BCUT2D eigenvalue weighted by molar-refractivity contribution is -0.116. The number of carbonyl (C=O) groups is 1. The average molecular weight is 432 g/mol. The van der Waals surface area contributed by atoms with E-state index in [1.807, 2.05) is 30.3 Å². The van der Waals surface area contributed by atoms with Crippen LogP contribution in [0.25, 0.3) is 11.4 Å². The van der Waals surface area contributed by atoms with Crippen molar-refractivity contribution in [1.29, 1.82) is 0 Å². The van der Waals surface area contributed by atoms with Crippen molar-refractivity contribution in [1.82, 2.24) is 9.55 Å². The third kappa shape index (κ3) is 5.03. The molecule has 0 saturated carbocycles. The number of hydrogen-bond donors (Lipinski definition) is 2. The van der Waals surface area contributed by atoms with E-state index in [1.165, 1.54) is 4.57 Å². The van der Waals surface area contributed by atoms with Crippen molar-refractivity contribution < 1.29 is 9.90 Å². The largest absolute Gasteiger partial charge is 0.396 e. The summed E-state index contributed by atoms with van der Waals surface area (Å²) in [7, 11) is 0. The summed E-state index contributed by atoms with van der Waals surface area (Å²) in [5, 5.41) is 12.8. The van der Waals surface area contributed by atoms with Gasteiger partial charge >= 0.3 is 0 Å². The summed E-state index contributed by atoms with van der Waals surface area (Å²) in [5.41, 5.74) is 1.69. The second kappa shape index (κ2) is 9.22. The lowest BCUT2D eigenvalue weighted by Gasteiger charge is -2.16. The van der Waals surface area contributed by atoms with Crippen molar-refractivity contribution >= 4 is 34.8 Å². The molecule has 1 aromatic heterocycles. The lowest BCUT2D eigenvalue weighted by Crippen LogP contribution is -2.33. The molecule has 0 fully saturated rings. The van der Waals surface area contributed by atoms with Gasteiger partial charge in [-0.3, -0.25) is 14.2 Å². The second-order valence-electron chi connectivity index (χ2n) is 6.44. The Hall–Kier alpha value is -2.67. The van der Waals surface area contributed by atoms with Crippen LogP contribution in [0.5, 0.6) is 0 Å². The van der Waals surface area contributed by atoms with Crippen molar-refractivity contribution in [3.63, 3.8) is 0 Å². The molecule has 0 saturated heterocycles. The zero-order valence-electron chi connectivity index (χ0n) is 15.7. The van der Waals surface area contributed by atoms with Crippen LogP contribution in [0.4, 0.5) is 5.69 Å². The van der Waals surface area contributed by atoms with Crippen molar-refractivity contribution in [2.75, 3.05) is 11.9 Å². The number of aromatic nitrogens is 2. The molecule has 29 heavy (non-hydrogen) atoms. The highest BCUT2D eigenvalue weighted by atomic mass is 35.5. The molecule has 6 nitrogen and oxygen atoms in total. The topological polar surface area (TPSA) is 84.2 Å². The van der Waals surface area contributed by atoms with Gasteiger partial charge in [-0.1, -0.05) is 53.5 Å². The SMILES string of the molecule is Cc1nc(-c2ccccc2)n(CC(=O)Nc2cc(Cl)cc(Cl)c2)c(=O)c1CCO. The van der Waals surface area contributed by atoms with E-state index in [0.717, 1.165) is 0 Å². The number of aryl methyl sites for hydroxylation is 1. The van der Waals surface area contributed by atoms with Gasteiger partial charge < -0.3 is 10.4 Å². The van der Waals surface area contributed by atoms with Gasteiger partial charge in [0.1, 0.15) is 12.4 Å². The Labute approximate surface area is 177 Å². The maximum absolute atomic E-state index is 13.1. The molecular weight excluding hydrogens is 413 g/mol. The molecule has 2 N–H and O–H groups in total. The maximum atomic E-state index is 13.1. The minimum absolute atomic E-state index is 0.165. The molecule has 0 aliphatic carbocycles. The maximum Gasteiger partial charge on any atom is 0.257 e. The Morgan fingerprint density at radius 3 is 2.41 bits per heavy atom. The second-order valence-corrected chi connectivity index (χ2v) is 7.31. The normalized spacial score (nSPS) is 10.8. The van der Waals surface area contributed by atoms with E-state index in [2.05, 4.69) is 10.3 Å². The first-order valence-corrected chi connectivity index (χ1v) is 9.67. The Morgan fingerprint density at radius 1 is 1.14 bits per heavy atom. The summed E-state index contributed by atoms with van der Waals surface area (Å²) >= 11 is 11.9. The lowest BCUT2D eigenvalue weighted by atomic mass is 10.1. The van der Waals surface area contributed by atoms with E-state index in [4.69, 9.17) is 23.2 Å². The van der Waals surface area contributed by atoms with Crippen LogP contribution < -0.4 is 10.9 Å². The average Bonchev–Trinajstić information content (AvgIpc) is 2.67. The smallest absolute Gasteiger partial charge is 0.257 e. The van der Waals surface area contributed by atoms with Gasteiger partial charge in [0.25, 0.3) is 5.56 Å².